The van der Waals surface area contributed by atoms with E-state index in [0.29, 0.717) is 29.8 Å². The number of rotatable bonds is 10. The maximum absolute atomic E-state index is 12.8. The highest BCUT2D eigenvalue weighted by molar-refractivity contribution is 5.94. The van der Waals surface area contributed by atoms with Crippen LogP contribution >= 0.6 is 0 Å². The van der Waals surface area contributed by atoms with Gasteiger partial charge in [-0.25, -0.2) is 4.79 Å². The summed E-state index contributed by atoms with van der Waals surface area (Å²) in [5.74, 6) is 0.732. The monoisotopic (exact) mass is 436 g/mol. The van der Waals surface area contributed by atoms with E-state index in [1.807, 2.05) is 19.1 Å². The summed E-state index contributed by atoms with van der Waals surface area (Å²) >= 11 is 0. The van der Waals surface area contributed by atoms with E-state index >= 15 is 0 Å². The lowest BCUT2D eigenvalue weighted by atomic mass is 10.1. The Kier molecular flexibility index (Phi) is 7.43. The minimum absolute atomic E-state index is 0.0352. The van der Waals surface area contributed by atoms with Crippen LogP contribution in [0.15, 0.2) is 59.5 Å². The summed E-state index contributed by atoms with van der Waals surface area (Å²) in [6.07, 6.45) is 2.01. The van der Waals surface area contributed by atoms with Crippen molar-refractivity contribution in [3.8, 4) is 11.4 Å². The number of ketones is 2. The second-order valence-electron chi connectivity index (χ2n) is 7.95. The Labute approximate surface area is 186 Å². The van der Waals surface area contributed by atoms with Crippen molar-refractivity contribution in [1.82, 2.24) is 9.13 Å². The summed E-state index contributed by atoms with van der Waals surface area (Å²) < 4.78 is 8.64. The van der Waals surface area contributed by atoms with E-state index in [4.69, 9.17) is 4.74 Å². The molecule has 0 saturated heterocycles. The smallest absolute Gasteiger partial charge is 0.333 e. The van der Waals surface area contributed by atoms with Crippen LogP contribution < -0.4 is 10.4 Å². The molecule has 32 heavy (non-hydrogen) atoms. The fourth-order valence-corrected chi connectivity index (χ4v) is 3.45. The van der Waals surface area contributed by atoms with Crippen LogP contribution in [-0.4, -0.2) is 38.5 Å². The number of benzene rings is 2. The van der Waals surface area contributed by atoms with Gasteiger partial charge in [-0.2, -0.15) is 0 Å². The molecule has 0 aliphatic carbocycles. The molecule has 168 valence electrons. The predicted octanol–water partition coefficient (Wildman–Crippen LogP) is 3.11. The highest BCUT2D eigenvalue weighted by atomic mass is 16.5. The average Bonchev–Trinajstić information content (AvgIpc) is 3.04. The molecule has 3 aromatic rings. The molecule has 1 atom stereocenters. The minimum atomic E-state index is -0.875. The number of carbonyl (C=O) groups is 2. The molecule has 7 nitrogen and oxygen atoms in total. The van der Waals surface area contributed by atoms with Crippen molar-refractivity contribution >= 4 is 11.6 Å². The van der Waals surface area contributed by atoms with Gasteiger partial charge in [0.05, 0.1) is 12.2 Å². The van der Waals surface area contributed by atoms with Gasteiger partial charge in [0.15, 0.2) is 5.78 Å². The van der Waals surface area contributed by atoms with Crippen molar-refractivity contribution in [1.29, 1.82) is 0 Å². The highest BCUT2D eigenvalue weighted by Gasteiger charge is 2.14. The summed E-state index contributed by atoms with van der Waals surface area (Å²) in [5, 5.41) is 10.4. The number of hydrogen-bond acceptors (Lipinski definition) is 5. The summed E-state index contributed by atoms with van der Waals surface area (Å²) in [6, 6.07) is 14.2. The minimum Gasteiger partial charge on any atom is -0.491 e. The zero-order valence-corrected chi connectivity index (χ0v) is 18.6. The van der Waals surface area contributed by atoms with Crippen LogP contribution in [0.2, 0.25) is 0 Å². The van der Waals surface area contributed by atoms with Gasteiger partial charge in [-0.05, 0) is 69.2 Å². The lowest BCUT2D eigenvalue weighted by Crippen LogP contribution is -2.31. The first-order valence-corrected chi connectivity index (χ1v) is 10.5. The van der Waals surface area contributed by atoms with Crippen molar-refractivity contribution in [2.24, 2.45) is 0 Å². The maximum Gasteiger partial charge on any atom is 0.333 e. The standard InChI is InChI=1S/C25H28N2O5/c1-17-14-26(25(31)27(17)22-10-8-21(9-11-22)19(3)29)15-23(30)16-32-24-12-6-20(7-13-24)5-4-18(2)28/h6-14,23,30H,4-5,15-16H2,1-3H3/t23-/m1/s1. The quantitative estimate of drug-likeness (QED) is 0.493. The van der Waals surface area contributed by atoms with Gasteiger partial charge in [-0.15, -0.1) is 0 Å². The largest absolute Gasteiger partial charge is 0.491 e. The molecule has 0 amide bonds. The highest BCUT2D eigenvalue weighted by Crippen LogP contribution is 2.15. The normalized spacial score (nSPS) is 11.9. The molecule has 0 fully saturated rings. The third kappa shape index (κ3) is 5.82. The van der Waals surface area contributed by atoms with E-state index in [-0.39, 0.29) is 30.4 Å². The van der Waals surface area contributed by atoms with Crippen molar-refractivity contribution < 1.29 is 19.4 Å². The molecule has 0 bridgehead atoms. The first kappa shape index (κ1) is 23.2. The number of imidazole rings is 1. The van der Waals surface area contributed by atoms with Crippen LogP contribution in [0.25, 0.3) is 5.69 Å². The van der Waals surface area contributed by atoms with E-state index in [2.05, 4.69) is 0 Å². The molecule has 2 aromatic carbocycles. The SMILES string of the molecule is CC(=O)CCc1ccc(OC[C@H](O)Cn2cc(C)n(-c3ccc(C(C)=O)cc3)c2=O)cc1. The van der Waals surface area contributed by atoms with Gasteiger partial charge >= 0.3 is 5.69 Å². The van der Waals surface area contributed by atoms with E-state index in [9.17, 15) is 19.5 Å². The van der Waals surface area contributed by atoms with E-state index < -0.39 is 6.10 Å². The van der Waals surface area contributed by atoms with Crippen molar-refractivity contribution in [3.63, 3.8) is 0 Å². The van der Waals surface area contributed by atoms with Crippen LogP contribution in [0.5, 0.6) is 5.75 Å². The lowest BCUT2D eigenvalue weighted by molar-refractivity contribution is -0.116. The third-order valence-corrected chi connectivity index (χ3v) is 5.20. The molecule has 7 heteroatoms. The number of nitrogens with zero attached hydrogens (tertiary/aromatic N) is 2. The van der Waals surface area contributed by atoms with Gasteiger partial charge < -0.3 is 14.6 Å². The molecule has 3 rings (SSSR count). The van der Waals surface area contributed by atoms with Gasteiger partial charge in [0.1, 0.15) is 24.2 Å². The number of ether oxygens (including phenoxy) is 1. The van der Waals surface area contributed by atoms with Gasteiger partial charge in [0.25, 0.3) is 0 Å². The number of hydrogen-bond donors (Lipinski definition) is 1. The van der Waals surface area contributed by atoms with Crippen LogP contribution in [0.3, 0.4) is 0 Å². The van der Waals surface area contributed by atoms with Gasteiger partial charge in [0, 0.05) is 23.9 Å². The molecule has 0 aliphatic heterocycles. The molecule has 1 N–H and O–H groups in total. The second kappa shape index (κ2) is 10.2. The van der Waals surface area contributed by atoms with Gasteiger partial charge in [-0.1, -0.05) is 12.1 Å². The van der Waals surface area contributed by atoms with Crippen molar-refractivity contribution in [3.05, 3.63) is 82.0 Å². The van der Waals surface area contributed by atoms with Crippen molar-refractivity contribution in [2.75, 3.05) is 6.61 Å². The zero-order chi connectivity index (χ0) is 23.3. The Morgan fingerprint density at radius 1 is 1.03 bits per heavy atom. The Balaban J connectivity index is 1.61. The predicted molar refractivity (Wildman–Crippen MR) is 122 cm³/mol. The van der Waals surface area contributed by atoms with Crippen LogP contribution in [-0.2, 0) is 17.8 Å². The summed E-state index contributed by atoms with van der Waals surface area (Å²) in [7, 11) is 0. The van der Waals surface area contributed by atoms with E-state index in [0.717, 1.165) is 11.3 Å². The van der Waals surface area contributed by atoms with Gasteiger partial charge in [-0.3, -0.25) is 13.9 Å². The Morgan fingerprint density at radius 3 is 2.28 bits per heavy atom. The lowest BCUT2D eigenvalue weighted by Gasteiger charge is -2.13. The number of aromatic nitrogens is 2. The zero-order valence-electron chi connectivity index (χ0n) is 18.6. The molecule has 0 spiro atoms. The topological polar surface area (TPSA) is 90.5 Å². The van der Waals surface area contributed by atoms with E-state index in [1.165, 1.54) is 16.1 Å². The van der Waals surface area contributed by atoms with Crippen LogP contribution in [0.4, 0.5) is 0 Å². The van der Waals surface area contributed by atoms with Crippen LogP contribution in [0, 0.1) is 6.92 Å². The van der Waals surface area contributed by atoms with Gasteiger partial charge in [0.2, 0.25) is 0 Å². The molecular weight excluding hydrogens is 408 g/mol. The Hall–Kier alpha value is -3.45. The maximum atomic E-state index is 12.8. The number of Topliss-reactive ketones (excluding diaryl/α,β-unsaturated/α-hetero) is 2. The molecule has 1 heterocycles. The fourth-order valence-electron chi connectivity index (χ4n) is 3.45. The summed E-state index contributed by atoms with van der Waals surface area (Å²) in [4.78, 5) is 35.4. The average molecular weight is 437 g/mol. The molecule has 1 aromatic heterocycles. The molecule has 0 radical (unpaired) electrons. The van der Waals surface area contributed by atoms with Crippen molar-refractivity contribution in [2.45, 2.75) is 46.3 Å². The second-order valence-corrected chi connectivity index (χ2v) is 7.95. The first-order valence-electron chi connectivity index (χ1n) is 10.5. The molecular formula is C25H28N2O5. The number of aliphatic hydroxyl groups is 1. The Morgan fingerprint density at radius 2 is 1.69 bits per heavy atom. The number of aliphatic hydroxyl groups excluding tert-OH is 1. The summed E-state index contributed by atoms with van der Waals surface area (Å²) in [6.45, 7) is 5.01. The number of carbonyl (C=O) groups excluding carboxylic acids is 2. The third-order valence-electron chi connectivity index (χ3n) is 5.20. The first-order chi connectivity index (χ1) is 15.2. The fraction of sp³-hybridized carbons (Fsp3) is 0.320. The Bertz CT molecular complexity index is 1140. The van der Waals surface area contributed by atoms with E-state index in [1.54, 1.807) is 49.5 Å². The summed E-state index contributed by atoms with van der Waals surface area (Å²) in [5.41, 5.74) is 2.74. The van der Waals surface area contributed by atoms with Crippen LogP contribution in [0.1, 0.15) is 41.9 Å². The number of aryl methyl sites for hydroxylation is 2. The molecule has 0 aliphatic rings. The molecule has 0 unspecified atom stereocenters. The molecule has 0 saturated carbocycles.